The third-order valence-electron chi connectivity index (χ3n) is 4.21. The molecule has 0 spiro atoms. The number of nitrogens with one attached hydrogen (secondary N) is 1. The second-order valence-corrected chi connectivity index (χ2v) is 5.94. The van der Waals surface area contributed by atoms with Crippen molar-refractivity contribution in [3.8, 4) is 0 Å². The normalized spacial score (nSPS) is 15.6. The zero-order valence-electron chi connectivity index (χ0n) is 13.9. The van der Waals surface area contributed by atoms with Crippen LogP contribution in [0.1, 0.15) is 42.3 Å². The molecule has 2 atom stereocenters. The molecule has 24 heavy (non-hydrogen) atoms. The van der Waals surface area contributed by atoms with E-state index in [1.54, 1.807) is 19.9 Å². The second-order valence-electron chi connectivity index (χ2n) is 5.94. The van der Waals surface area contributed by atoms with Crippen molar-refractivity contribution in [3.05, 3.63) is 52.9 Å². The van der Waals surface area contributed by atoms with Crippen molar-refractivity contribution in [2.24, 2.45) is 0 Å². The number of aromatic nitrogens is 1. The van der Waals surface area contributed by atoms with E-state index >= 15 is 0 Å². The molecule has 0 aliphatic heterocycles. The van der Waals surface area contributed by atoms with E-state index in [9.17, 15) is 18.0 Å². The highest BCUT2D eigenvalue weighted by atomic mass is 19.4. The molecule has 0 aliphatic carbocycles. The molecule has 2 rings (SSSR count). The van der Waals surface area contributed by atoms with Crippen LogP contribution in [0.15, 0.2) is 34.9 Å². The van der Waals surface area contributed by atoms with Crippen LogP contribution in [0.4, 0.5) is 13.2 Å². The number of rotatable bonds is 4. The Morgan fingerprint density at radius 2 is 1.79 bits per heavy atom. The molecule has 2 aromatic rings. The Kier molecular flexibility index (Phi) is 4.73. The highest BCUT2D eigenvalue weighted by Crippen LogP contribution is 2.39. The number of carbonyl (C=O) groups excluding carboxylic acids is 1. The smallest absolute Gasteiger partial charge is 0.361 e. The molecule has 0 aliphatic rings. The summed E-state index contributed by atoms with van der Waals surface area (Å²) in [7, 11) is 0. The summed E-state index contributed by atoms with van der Waals surface area (Å²) >= 11 is 0. The average Bonchev–Trinajstić information content (AvgIpc) is 2.85. The molecule has 1 heterocycles. The summed E-state index contributed by atoms with van der Waals surface area (Å²) in [6, 6.07) is 7.31. The van der Waals surface area contributed by atoms with Crippen molar-refractivity contribution in [1.82, 2.24) is 10.5 Å². The van der Waals surface area contributed by atoms with Gasteiger partial charge < -0.3 is 9.84 Å². The fourth-order valence-electron chi connectivity index (χ4n) is 2.67. The first-order chi connectivity index (χ1) is 11.1. The van der Waals surface area contributed by atoms with Gasteiger partial charge in [-0.05, 0) is 33.3 Å². The third kappa shape index (κ3) is 3.16. The van der Waals surface area contributed by atoms with Crippen molar-refractivity contribution in [3.63, 3.8) is 0 Å². The van der Waals surface area contributed by atoms with Crippen molar-refractivity contribution < 1.29 is 22.5 Å². The largest absolute Gasteiger partial charge is 0.415 e. The van der Waals surface area contributed by atoms with Gasteiger partial charge >= 0.3 is 6.18 Å². The van der Waals surface area contributed by atoms with E-state index in [1.165, 1.54) is 31.2 Å². The summed E-state index contributed by atoms with van der Waals surface area (Å²) in [6.45, 7) is 5.76. The summed E-state index contributed by atoms with van der Waals surface area (Å²) < 4.78 is 46.0. The van der Waals surface area contributed by atoms with Gasteiger partial charge in [-0.2, -0.15) is 13.2 Å². The highest BCUT2D eigenvalue weighted by Gasteiger charge is 2.53. The number of aryl methyl sites for hydroxylation is 2. The fourth-order valence-corrected chi connectivity index (χ4v) is 2.67. The fraction of sp³-hybridized carbons (Fsp3) is 0.412. The van der Waals surface area contributed by atoms with Crippen LogP contribution < -0.4 is 5.32 Å². The van der Waals surface area contributed by atoms with Gasteiger partial charge in [-0.25, -0.2) is 0 Å². The number of halogens is 3. The molecule has 0 bridgehead atoms. The van der Waals surface area contributed by atoms with E-state index in [0.29, 0.717) is 17.0 Å². The van der Waals surface area contributed by atoms with Crippen molar-refractivity contribution >= 4 is 5.91 Å². The first-order valence-electron chi connectivity index (χ1n) is 7.45. The molecule has 1 aromatic carbocycles. The molecule has 130 valence electrons. The Bertz CT molecular complexity index is 706. The Balaban J connectivity index is 2.36. The number of amides is 1. The van der Waals surface area contributed by atoms with Crippen LogP contribution in [-0.2, 0) is 10.3 Å². The van der Waals surface area contributed by atoms with Gasteiger partial charge in [0.15, 0.2) is 5.54 Å². The molecule has 1 N–H and O–H groups in total. The number of carbonyl (C=O) groups is 1. The van der Waals surface area contributed by atoms with Crippen LogP contribution in [0.3, 0.4) is 0 Å². The van der Waals surface area contributed by atoms with E-state index < -0.39 is 23.5 Å². The lowest BCUT2D eigenvalue weighted by molar-refractivity contribution is -0.197. The van der Waals surface area contributed by atoms with E-state index in [-0.39, 0.29) is 5.56 Å². The zero-order valence-corrected chi connectivity index (χ0v) is 13.9. The minimum atomic E-state index is -4.65. The van der Waals surface area contributed by atoms with Gasteiger partial charge in [0.05, 0.1) is 11.6 Å². The average molecular weight is 340 g/mol. The number of benzene rings is 1. The molecule has 0 saturated heterocycles. The lowest BCUT2D eigenvalue weighted by Gasteiger charge is -2.34. The predicted octanol–water partition coefficient (Wildman–Crippen LogP) is 3.99. The topological polar surface area (TPSA) is 55.1 Å². The second kappa shape index (κ2) is 6.30. The van der Waals surface area contributed by atoms with Crippen LogP contribution in [0.5, 0.6) is 0 Å². The summed E-state index contributed by atoms with van der Waals surface area (Å²) in [5.41, 5.74) is -1.52. The number of hydrogen-bond donors (Lipinski definition) is 1. The van der Waals surface area contributed by atoms with Gasteiger partial charge in [-0.15, -0.1) is 0 Å². The molecule has 0 radical (unpaired) electrons. The van der Waals surface area contributed by atoms with Gasteiger partial charge in [0, 0.05) is 5.56 Å². The maximum Gasteiger partial charge on any atom is 0.415 e. The number of nitrogens with zero attached hydrogens (tertiary/aromatic N) is 1. The summed E-state index contributed by atoms with van der Waals surface area (Å²) in [5.74, 6) is -1.14. The Morgan fingerprint density at radius 1 is 1.21 bits per heavy atom. The maximum absolute atomic E-state index is 13.7. The SMILES string of the molecule is Cc1noc(C)c1C(C)C(=O)NC(C)(c1ccccc1)C(F)(F)F. The minimum Gasteiger partial charge on any atom is -0.361 e. The first kappa shape index (κ1) is 18.0. The standard InChI is InChI=1S/C17H19F3N2O2/c1-10(14-11(2)22-24-12(14)3)15(23)21-16(4,17(18,19)20)13-8-6-5-7-9-13/h5-10H,1-4H3,(H,21,23). The molecule has 2 unspecified atom stereocenters. The molecular formula is C17H19F3N2O2. The van der Waals surface area contributed by atoms with E-state index in [2.05, 4.69) is 10.5 Å². The van der Waals surface area contributed by atoms with Gasteiger partial charge in [0.1, 0.15) is 5.76 Å². The van der Waals surface area contributed by atoms with Crippen LogP contribution >= 0.6 is 0 Å². The van der Waals surface area contributed by atoms with E-state index in [1.807, 2.05) is 0 Å². The van der Waals surface area contributed by atoms with E-state index in [4.69, 9.17) is 4.52 Å². The van der Waals surface area contributed by atoms with Gasteiger partial charge in [-0.1, -0.05) is 35.5 Å². The van der Waals surface area contributed by atoms with Crippen molar-refractivity contribution in [1.29, 1.82) is 0 Å². The Morgan fingerprint density at radius 3 is 2.25 bits per heavy atom. The minimum absolute atomic E-state index is 0.0307. The van der Waals surface area contributed by atoms with E-state index in [0.717, 1.165) is 6.92 Å². The molecule has 0 saturated carbocycles. The lowest BCUT2D eigenvalue weighted by atomic mass is 9.89. The molecule has 7 heteroatoms. The molecule has 0 fully saturated rings. The van der Waals surface area contributed by atoms with Gasteiger partial charge in [0.2, 0.25) is 5.91 Å². The summed E-state index contributed by atoms with van der Waals surface area (Å²) in [6.07, 6.45) is -4.65. The molecule has 1 aromatic heterocycles. The molecular weight excluding hydrogens is 321 g/mol. The monoisotopic (exact) mass is 340 g/mol. The number of hydrogen-bond acceptors (Lipinski definition) is 3. The van der Waals surface area contributed by atoms with Crippen LogP contribution in [0, 0.1) is 13.8 Å². The zero-order chi connectivity index (χ0) is 18.1. The summed E-state index contributed by atoms with van der Waals surface area (Å²) in [4.78, 5) is 12.5. The Hall–Kier alpha value is -2.31. The summed E-state index contributed by atoms with van der Waals surface area (Å²) in [5, 5.41) is 5.90. The van der Waals surface area contributed by atoms with Crippen molar-refractivity contribution in [2.75, 3.05) is 0 Å². The van der Waals surface area contributed by atoms with Crippen LogP contribution in [0.2, 0.25) is 0 Å². The van der Waals surface area contributed by atoms with Crippen LogP contribution in [-0.4, -0.2) is 17.2 Å². The predicted molar refractivity (Wildman–Crippen MR) is 82.4 cm³/mol. The van der Waals surface area contributed by atoms with Gasteiger partial charge in [-0.3, -0.25) is 4.79 Å². The molecule has 4 nitrogen and oxygen atoms in total. The third-order valence-corrected chi connectivity index (χ3v) is 4.21. The Labute approximate surface area is 138 Å². The van der Waals surface area contributed by atoms with Crippen LogP contribution in [0.25, 0.3) is 0 Å². The highest BCUT2D eigenvalue weighted by molar-refractivity contribution is 5.84. The first-order valence-corrected chi connectivity index (χ1v) is 7.45. The van der Waals surface area contributed by atoms with Crippen molar-refractivity contribution in [2.45, 2.75) is 45.3 Å². The maximum atomic E-state index is 13.7. The lowest BCUT2D eigenvalue weighted by Crippen LogP contribution is -2.54. The van der Waals surface area contributed by atoms with Gasteiger partial charge in [0.25, 0.3) is 0 Å². The molecule has 1 amide bonds. The number of alkyl halides is 3. The quantitative estimate of drug-likeness (QED) is 0.916.